The molecule has 1 atom stereocenters. The molecule has 180 valence electrons. The summed E-state index contributed by atoms with van der Waals surface area (Å²) in [4.78, 5) is 44.5. The van der Waals surface area contributed by atoms with Crippen molar-refractivity contribution in [3.8, 4) is 5.75 Å². The van der Waals surface area contributed by atoms with Crippen molar-refractivity contribution in [2.45, 2.75) is 19.3 Å². The van der Waals surface area contributed by atoms with E-state index in [1.54, 1.807) is 29.0 Å². The van der Waals surface area contributed by atoms with Gasteiger partial charge < -0.3 is 19.4 Å². The Hall–Kier alpha value is -3.42. The summed E-state index contributed by atoms with van der Waals surface area (Å²) in [6.45, 7) is 3.00. The van der Waals surface area contributed by atoms with Gasteiger partial charge >= 0.3 is 0 Å². The first-order chi connectivity index (χ1) is 16.5. The molecule has 2 aromatic rings. The maximum Gasteiger partial charge on any atom is 0.257 e. The van der Waals surface area contributed by atoms with Gasteiger partial charge in [0.25, 0.3) is 11.8 Å². The fraction of sp³-hybridized carbons (Fsp3) is 0.423. The molecule has 2 aliphatic heterocycles. The van der Waals surface area contributed by atoms with Crippen LogP contribution in [0.1, 0.15) is 40.0 Å². The van der Waals surface area contributed by atoms with E-state index in [1.807, 2.05) is 17.0 Å². The Morgan fingerprint density at radius 1 is 0.824 bits per heavy atom. The first-order valence-corrected chi connectivity index (χ1v) is 11.7. The van der Waals surface area contributed by atoms with Crippen LogP contribution in [-0.4, -0.2) is 78.8 Å². The van der Waals surface area contributed by atoms with E-state index in [1.165, 1.54) is 24.3 Å². The number of hydrogen-bond acceptors (Lipinski definition) is 4. The Kier molecular flexibility index (Phi) is 7.45. The fourth-order valence-electron chi connectivity index (χ4n) is 4.73. The topological polar surface area (TPSA) is 70.2 Å². The van der Waals surface area contributed by atoms with Gasteiger partial charge in [0, 0.05) is 44.8 Å². The largest absolute Gasteiger partial charge is 0.496 e. The Morgan fingerprint density at radius 3 is 2.26 bits per heavy atom. The molecule has 0 spiro atoms. The van der Waals surface area contributed by atoms with E-state index in [0.717, 1.165) is 12.8 Å². The number of halogens is 1. The van der Waals surface area contributed by atoms with Crippen molar-refractivity contribution >= 4 is 17.7 Å². The van der Waals surface area contributed by atoms with E-state index in [-0.39, 0.29) is 29.5 Å². The second kappa shape index (κ2) is 10.7. The summed E-state index contributed by atoms with van der Waals surface area (Å²) in [6, 6.07) is 12.7. The van der Waals surface area contributed by atoms with Crippen molar-refractivity contribution in [2.24, 2.45) is 5.92 Å². The first-order valence-electron chi connectivity index (χ1n) is 11.7. The number of hydrogen-bond donors (Lipinski definition) is 0. The van der Waals surface area contributed by atoms with Crippen LogP contribution in [-0.2, 0) is 4.79 Å². The Morgan fingerprint density at radius 2 is 1.50 bits per heavy atom. The lowest BCUT2D eigenvalue weighted by Crippen LogP contribution is -2.47. The van der Waals surface area contributed by atoms with E-state index in [9.17, 15) is 18.8 Å². The van der Waals surface area contributed by atoms with Gasteiger partial charge in [-0.15, -0.1) is 0 Å². The average molecular weight is 468 g/mol. The normalized spacial score (nSPS) is 18.9. The standard InChI is InChI=1S/C26H30FN3O4/c1-34-23-8-3-2-7-22(23)26(33)29-15-5-14-28(16-17-29)25(32)20-6-4-13-30(18-20)24(31)19-9-11-21(27)12-10-19/h2-3,7-12,20H,4-6,13-18H2,1H3. The Labute approximate surface area is 199 Å². The highest BCUT2D eigenvalue weighted by Crippen LogP contribution is 2.23. The minimum atomic E-state index is -0.386. The van der Waals surface area contributed by atoms with Crippen LogP contribution in [0.15, 0.2) is 48.5 Å². The first kappa shape index (κ1) is 23.7. The van der Waals surface area contributed by atoms with Crippen LogP contribution in [0.3, 0.4) is 0 Å². The number of methoxy groups -OCH3 is 1. The number of piperidine rings is 1. The van der Waals surface area contributed by atoms with Crippen LogP contribution >= 0.6 is 0 Å². The molecule has 0 radical (unpaired) electrons. The highest BCUT2D eigenvalue weighted by atomic mass is 19.1. The zero-order valence-corrected chi connectivity index (χ0v) is 19.4. The molecule has 3 amide bonds. The molecule has 2 aliphatic rings. The summed E-state index contributed by atoms with van der Waals surface area (Å²) < 4.78 is 18.5. The molecule has 2 aromatic carbocycles. The molecule has 1 unspecified atom stereocenters. The minimum absolute atomic E-state index is 0.0307. The lowest BCUT2D eigenvalue weighted by molar-refractivity contribution is -0.136. The second-order valence-electron chi connectivity index (χ2n) is 8.77. The van der Waals surface area contributed by atoms with Crippen molar-refractivity contribution in [3.05, 3.63) is 65.5 Å². The van der Waals surface area contributed by atoms with Crippen LogP contribution < -0.4 is 4.74 Å². The van der Waals surface area contributed by atoms with Gasteiger partial charge in [0.15, 0.2) is 0 Å². The van der Waals surface area contributed by atoms with Gasteiger partial charge in [-0.2, -0.15) is 0 Å². The van der Waals surface area contributed by atoms with Gasteiger partial charge in [0.05, 0.1) is 18.6 Å². The number of carbonyl (C=O) groups is 3. The second-order valence-corrected chi connectivity index (χ2v) is 8.77. The predicted molar refractivity (Wildman–Crippen MR) is 125 cm³/mol. The van der Waals surface area contributed by atoms with E-state index >= 15 is 0 Å². The summed E-state index contributed by atoms with van der Waals surface area (Å²) in [7, 11) is 1.54. The number of amides is 3. The summed E-state index contributed by atoms with van der Waals surface area (Å²) in [5.74, 6) is -0.360. The lowest BCUT2D eigenvalue weighted by Gasteiger charge is -2.35. The average Bonchev–Trinajstić information content (AvgIpc) is 3.14. The molecule has 2 fully saturated rings. The summed E-state index contributed by atoms with van der Waals surface area (Å²) >= 11 is 0. The highest BCUT2D eigenvalue weighted by Gasteiger charge is 2.33. The van der Waals surface area contributed by atoms with Gasteiger partial charge in [0.1, 0.15) is 11.6 Å². The van der Waals surface area contributed by atoms with E-state index in [2.05, 4.69) is 0 Å². The maximum atomic E-state index is 13.3. The monoisotopic (exact) mass is 467 g/mol. The minimum Gasteiger partial charge on any atom is -0.496 e. The zero-order chi connectivity index (χ0) is 24.1. The van der Waals surface area contributed by atoms with Crippen molar-refractivity contribution in [1.82, 2.24) is 14.7 Å². The summed E-state index contributed by atoms with van der Waals surface area (Å²) in [6.07, 6.45) is 2.17. The smallest absolute Gasteiger partial charge is 0.257 e. The number of nitrogens with zero attached hydrogens (tertiary/aromatic N) is 3. The number of benzene rings is 2. The molecule has 4 rings (SSSR count). The molecular formula is C26H30FN3O4. The van der Waals surface area contributed by atoms with Gasteiger partial charge in [-0.3, -0.25) is 14.4 Å². The van der Waals surface area contributed by atoms with Crippen LogP contribution in [0.4, 0.5) is 4.39 Å². The van der Waals surface area contributed by atoms with E-state index in [0.29, 0.717) is 62.6 Å². The molecule has 0 aliphatic carbocycles. The number of ether oxygens (including phenoxy) is 1. The molecule has 0 bridgehead atoms. The summed E-state index contributed by atoms with van der Waals surface area (Å²) in [5.41, 5.74) is 0.946. The van der Waals surface area contributed by atoms with Gasteiger partial charge in [-0.05, 0) is 55.7 Å². The van der Waals surface area contributed by atoms with Gasteiger partial charge in [-0.1, -0.05) is 12.1 Å². The number of para-hydroxylation sites is 1. The molecular weight excluding hydrogens is 437 g/mol. The SMILES string of the molecule is COc1ccccc1C(=O)N1CCCN(C(=O)C2CCCN(C(=O)c3ccc(F)cc3)C2)CC1. The fourth-order valence-corrected chi connectivity index (χ4v) is 4.73. The van der Waals surface area contributed by atoms with Crippen LogP contribution in [0.5, 0.6) is 5.75 Å². The molecule has 2 heterocycles. The maximum absolute atomic E-state index is 13.3. The predicted octanol–water partition coefficient (Wildman–Crippen LogP) is 3.06. The zero-order valence-electron chi connectivity index (χ0n) is 19.4. The molecule has 34 heavy (non-hydrogen) atoms. The molecule has 2 saturated heterocycles. The van der Waals surface area contributed by atoms with Crippen LogP contribution in [0.25, 0.3) is 0 Å². The lowest BCUT2D eigenvalue weighted by atomic mass is 9.95. The Balaban J connectivity index is 1.37. The van der Waals surface area contributed by atoms with E-state index in [4.69, 9.17) is 4.74 Å². The molecule has 0 aromatic heterocycles. The Bertz CT molecular complexity index is 1040. The van der Waals surface area contributed by atoms with Crippen molar-refractivity contribution in [3.63, 3.8) is 0 Å². The molecule has 0 saturated carbocycles. The number of rotatable bonds is 4. The van der Waals surface area contributed by atoms with Crippen LogP contribution in [0.2, 0.25) is 0 Å². The molecule has 7 nitrogen and oxygen atoms in total. The van der Waals surface area contributed by atoms with Crippen molar-refractivity contribution in [2.75, 3.05) is 46.4 Å². The van der Waals surface area contributed by atoms with Gasteiger partial charge in [0.2, 0.25) is 5.91 Å². The third kappa shape index (κ3) is 5.21. The molecule has 0 N–H and O–H groups in total. The molecule has 8 heteroatoms. The quantitative estimate of drug-likeness (QED) is 0.693. The number of likely N-dealkylation sites (tertiary alicyclic amines) is 1. The van der Waals surface area contributed by atoms with Crippen molar-refractivity contribution in [1.29, 1.82) is 0 Å². The number of carbonyl (C=O) groups excluding carboxylic acids is 3. The van der Waals surface area contributed by atoms with Crippen molar-refractivity contribution < 1.29 is 23.5 Å². The summed E-state index contributed by atoms with van der Waals surface area (Å²) in [5, 5.41) is 0. The van der Waals surface area contributed by atoms with E-state index < -0.39 is 0 Å². The highest BCUT2D eigenvalue weighted by molar-refractivity contribution is 5.97. The van der Waals surface area contributed by atoms with Gasteiger partial charge in [-0.25, -0.2) is 4.39 Å². The van der Waals surface area contributed by atoms with Crippen LogP contribution in [0, 0.1) is 11.7 Å². The third-order valence-electron chi connectivity index (χ3n) is 6.58. The third-order valence-corrected chi connectivity index (χ3v) is 6.58.